The molecule has 134 valence electrons. The van der Waals surface area contributed by atoms with E-state index >= 15 is 0 Å². The smallest absolute Gasteiger partial charge is 0.338 e. The molecule has 2 N–H and O–H groups in total. The van der Waals surface area contributed by atoms with Crippen LogP contribution >= 0.6 is 0 Å². The van der Waals surface area contributed by atoms with E-state index in [0.717, 1.165) is 16.8 Å². The van der Waals surface area contributed by atoms with E-state index in [4.69, 9.17) is 10.00 Å². The molecule has 0 aliphatic carbocycles. The van der Waals surface area contributed by atoms with E-state index in [9.17, 15) is 4.79 Å². The van der Waals surface area contributed by atoms with Crippen LogP contribution in [0.4, 0.5) is 5.69 Å². The molecule has 0 spiro atoms. The number of rotatable bonds is 6. The number of hydrogen-bond donors (Lipinski definition) is 2. The summed E-state index contributed by atoms with van der Waals surface area (Å²) in [6.45, 7) is 2.13. The highest BCUT2D eigenvalue weighted by molar-refractivity contribution is 5.90. The van der Waals surface area contributed by atoms with E-state index in [1.807, 2.05) is 42.5 Å². The third kappa shape index (κ3) is 4.35. The SMILES string of the molecule is CCOC(=O)c1ccc(-c2ccc(NC=C(C#N)c3nn[nH]n3)cc2)cc1. The Kier molecular flexibility index (Phi) is 5.54. The van der Waals surface area contributed by atoms with Gasteiger partial charge in [0.05, 0.1) is 12.2 Å². The number of carbonyl (C=O) groups is 1. The summed E-state index contributed by atoms with van der Waals surface area (Å²) in [5.74, 6) is -0.103. The topological polar surface area (TPSA) is 117 Å². The molecule has 8 heteroatoms. The largest absolute Gasteiger partial charge is 0.462 e. The third-order valence-corrected chi connectivity index (χ3v) is 3.70. The van der Waals surface area contributed by atoms with Crippen molar-refractivity contribution in [2.24, 2.45) is 0 Å². The fourth-order valence-electron chi connectivity index (χ4n) is 2.35. The predicted molar refractivity (Wildman–Crippen MR) is 99.2 cm³/mol. The molecule has 0 radical (unpaired) electrons. The summed E-state index contributed by atoms with van der Waals surface area (Å²) in [6, 6.07) is 16.9. The Morgan fingerprint density at radius 1 is 1.19 bits per heavy atom. The highest BCUT2D eigenvalue weighted by Crippen LogP contribution is 2.22. The van der Waals surface area contributed by atoms with Crippen LogP contribution in [-0.2, 0) is 4.74 Å². The Bertz CT molecular complexity index is 971. The van der Waals surface area contributed by atoms with Crippen LogP contribution in [0.3, 0.4) is 0 Å². The van der Waals surface area contributed by atoms with Gasteiger partial charge in [-0.3, -0.25) is 0 Å². The van der Waals surface area contributed by atoms with Gasteiger partial charge >= 0.3 is 5.97 Å². The Balaban J connectivity index is 1.70. The minimum absolute atomic E-state index is 0.225. The molecule has 1 heterocycles. The van der Waals surface area contributed by atoms with Crippen LogP contribution < -0.4 is 5.32 Å². The molecule has 0 atom stereocenters. The zero-order valence-corrected chi connectivity index (χ0v) is 14.5. The first-order valence-electron chi connectivity index (χ1n) is 8.19. The molecular formula is C19H16N6O2. The molecular weight excluding hydrogens is 344 g/mol. The van der Waals surface area contributed by atoms with Gasteiger partial charge in [0, 0.05) is 11.9 Å². The number of hydrogen-bond acceptors (Lipinski definition) is 7. The van der Waals surface area contributed by atoms with Gasteiger partial charge < -0.3 is 10.1 Å². The summed E-state index contributed by atoms with van der Waals surface area (Å²) in [4.78, 5) is 11.7. The van der Waals surface area contributed by atoms with E-state index in [2.05, 4.69) is 25.9 Å². The number of anilines is 1. The number of nitrogens with zero attached hydrogens (tertiary/aromatic N) is 4. The summed E-state index contributed by atoms with van der Waals surface area (Å²) in [6.07, 6.45) is 1.52. The zero-order valence-electron chi connectivity index (χ0n) is 14.5. The van der Waals surface area contributed by atoms with Crippen LogP contribution in [0, 0.1) is 11.3 Å². The average molecular weight is 360 g/mol. The predicted octanol–water partition coefficient (Wildman–Crippen LogP) is 3.02. The van der Waals surface area contributed by atoms with Crippen molar-refractivity contribution in [3.63, 3.8) is 0 Å². The normalized spacial score (nSPS) is 10.9. The Labute approximate surface area is 155 Å². The van der Waals surface area contributed by atoms with Gasteiger partial charge in [-0.05, 0) is 47.5 Å². The standard InChI is InChI=1S/C19H16N6O2/c1-2-27-19(26)15-5-3-13(4-6-15)14-7-9-17(10-8-14)21-12-16(11-20)18-22-24-25-23-18/h3-10,12,21H,2H2,1H3,(H,22,23,24,25). The van der Waals surface area contributed by atoms with Crippen molar-refractivity contribution in [1.82, 2.24) is 20.6 Å². The van der Waals surface area contributed by atoms with Gasteiger partial charge in [0.1, 0.15) is 11.6 Å². The quantitative estimate of drug-likeness (QED) is 0.512. The lowest BCUT2D eigenvalue weighted by Crippen LogP contribution is -2.03. The third-order valence-electron chi connectivity index (χ3n) is 3.70. The van der Waals surface area contributed by atoms with Gasteiger partial charge in [-0.1, -0.05) is 24.3 Å². The molecule has 0 saturated carbocycles. The number of aromatic nitrogens is 4. The van der Waals surface area contributed by atoms with E-state index in [-0.39, 0.29) is 17.4 Å². The van der Waals surface area contributed by atoms with Gasteiger partial charge in [-0.15, -0.1) is 10.2 Å². The van der Waals surface area contributed by atoms with Gasteiger partial charge in [0.2, 0.25) is 5.82 Å². The number of esters is 1. The number of allylic oxidation sites excluding steroid dienone is 1. The number of ether oxygens (including phenoxy) is 1. The van der Waals surface area contributed by atoms with Crippen molar-refractivity contribution in [2.45, 2.75) is 6.92 Å². The Morgan fingerprint density at radius 3 is 2.41 bits per heavy atom. The summed E-state index contributed by atoms with van der Waals surface area (Å²) in [5.41, 5.74) is 3.57. The summed E-state index contributed by atoms with van der Waals surface area (Å²) < 4.78 is 4.98. The second-order valence-electron chi connectivity index (χ2n) is 5.42. The summed E-state index contributed by atoms with van der Waals surface area (Å²) in [5, 5.41) is 25.5. The van der Waals surface area contributed by atoms with E-state index in [1.165, 1.54) is 6.20 Å². The number of tetrazole rings is 1. The molecule has 3 aromatic rings. The molecule has 0 bridgehead atoms. The highest BCUT2D eigenvalue weighted by atomic mass is 16.5. The van der Waals surface area contributed by atoms with Crippen LogP contribution in [0.1, 0.15) is 23.1 Å². The number of nitriles is 1. The number of H-pyrrole nitrogens is 1. The zero-order chi connectivity index (χ0) is 19.1. The molecule has 2 aromatic carbocycles. The van der Waals surface area contributed by atoms with Gasteiger partial charge in [0.25, 0.3) is 0 Å². The van der Waals surface area contributed by atoms with Crippen molar-refractivity contribution in [3.05, 3.63) is 66.1 Å². The van der Waals surface area contributed by atoms with Gasteiger partial charge in [-0.25, -0.2) is 4.79 Å². The number of carbonyl (C=O) groups excluding carboxylic acids is 1. The molecule has 3 rings (SSSR count). The van der Waals surface area contributed by atoms with E-state index in [1.54, 1.807) is 19.1 Å². The van der Waals surface area contributed by atoms with Crippen LogP contribution in [0.2, 0.25) is 0 Å². The van der Waals surface area contributed by atoms with Crippen LogP contribution in [0.5, 0.6) is 0 Å². The number of benzene rings is 2. The fraction of sp³-hybridized carbons (Fsp3) is 0.105. The average Bonchev–Trinajstić information content (AvgIpc) is 3.24. The second kappa shape index (κ2) is 8.40. The van der Waals surface area contributed by atoms with Crippen molar-refractivity contribution < 1.29 is 9.53 Å². The van der Waals surface area contributed by atoms with Crippen LogP contribution in [0.25, 0.3) is 16.7 Å². The van der Waals surface area contributed by atoms with E-state index in [0.29, 0.717) is 12.2 Å². The minimum Gasteiger partial charge on any atom is -0.462 e. The van der Waals surface area contributed by atoms with E-state index < -0.39 is 0 Å². The first-order valence-corrected chi connectivity index (χ1v) is 8.19. The van der Waals surface area contributed by atoms with Gasteiger partial charge in [0.15, 0.2) is 0 Å². The second-order valence-corrected chi connectivity index (χ2v) is 5.42. The summed E-state index contributed by atoms with van der Waals surface area (Å²) >= 11 is 0. The van der Waals surface area contributed by atoms with Crippen molar-refractivity contribution >= 4 is 17.2 Å². The molecule has 0 unspecified atom stereocenters. The summed E-state index contributed by atoms with van der Waals surface area (Å²) in [7, 11) is 0. The maximum atomic E-state index is 11.7. The maximum Gasteiger partial charge on any atom is 0.338 e. The Hall–Kier alpha value is -3.99. The highest BCUT2D eigenvalue weighted by Gasteiger charge is 2.07. The molecule has 0 fully saturated rings. The van der Waals surface area contributed by atoms with Crippen molar-refractivity contribution in [3.8, 4) is 17.2 Å². The molecule has 1 aromatic heterocycles. The van der Waals surface area contributed by atoms with Gasteiger partial charge in [-0.2, -0.15) is 10.5 Å². The number of aromatic amines is 1. The lowest BCUT2D eigenvalue weighted by atomic mass is 10.0. The first-order chi connectivity index (χ1) is 13.2. The van der Waals surface area contributed by atoms with Crippen LogP contribution in [0.15, 0.2) is 54.7 Å². The van der Waals surface area contributed by atoms with Crippen LogP contribution in [-0.4, -0.2) is 33.2 Å². The molecule has 8 nitrogen and oxygen atoms in total. The number of nitrogens with one attached hydrogen (secondary N) is 2. The molecule has 0 aliphatic heterocycles. The molecule has 27 heavy (non-hydrogen) atoms. The van der Waals surface area contributed by atoms with Crippen molar-refractivity contribution in [1.29, 1.82) is 5.26 Å². The molecule has 0 saturated heterocycles. The molecule has 0 aliphatic rings. The lowest BCUT2D eigenvalue weighted by molar-refractivity contribution is 0.0526. The fourth-order valence-corrected chi connectivity index (χ4v) is 2.35. The molecule has 0 amide bonds. The van der Waals surface area contributed by atoms with Crippen molar-refractivity contribution in [2.75, 3.05) is 11.9 Å². The maximum absolute atomic E-state index is 11.7. The lowest BCUT2D eigenvalue weighted by Gasteiger charge is -2.06. The Morgan fingerprint density at radius 2 is 1.85 bits per heavy atom. The monoisotopic (exact) mass is 360 g/mol. The first kappa shape index (κ1) is 17.8. The minimum atomic E-state index is -0.328.